The van der Waals surface area contributed by atoms with Crippen LogP contribution in [0.25, 0.3) is 0 Å². The van der Waals surface area contributed by atoms with Crippen molar-refractivity contribution in [3.63, 3.8) is 0 Å². The molecule has 0 saturated carbocycles. The molecule has 2 rings (SSSR count). The zero-order valence-electron chi connectivity index (χ0n) is 10.4. The van der Waals surface area contributed by atoms with E-state index in [-0.39, 0.29) is 11.9 Å². The van der Waals surface area contributed by atoms with Gasteiger partial charge in [-0.15, -0.1) is 0 Å². The van der Waals surface area contributed by atoms with E-state index in [1.54, 1.807) is 0 Å². The van der Waals surface area contributed by atoms with Crippen LogP contribution < -0.4 is 5.32 Å². The van der Waals surface area contributed by atoms with Gasteiger partial charge in [-0.2, -0.15) is 0 Å². The molecule has 0 aliphatic carbocycles. The molecule has 2 aliphatic heterocycles. The third-order valence-corrected chi connectivity index (χ3v) is 3.77. The quantitative estimate of drug-likeness (QED) is 0.711. The summed E-state index contributed by atoms with van der Waals surface area (Å²) in [5.74, 6) is 0.274. The lowest BCUT2D eigenvalue weighted by molar-refractivity contribution is -0.139. The second-order valence-electron chi connectivity index (χ2n) is 5.02. The standard InChI is InChI=1S/C12H23N3O/c1-10-12(16)15(9-5-7-13-10)11-6-3-4-8-14(11)2/h10-11,13H,3-9H2,1-2H3. The molecule has 2 heterocycles. The predicted molar refractivity (Wildman–Crippen MR) is 64.1 cm³/mol. The first kappa shape index (κ1) is 11.9. The van der Waals surface area contributed by atoms with Gasteiger partial charge in [0.1, 0.15) is 0 Å². The molecule has 1 N–H and O–H groups in total. The Bertz CT molecular complexity index is 257. The van der Waals surface area contributed by atoms with Crippen molar-refractivity contribution in [3.8, 4) is 0 Å². The summed E-state index contributed by atoms with van der Waals surface area (Å²) in [5.41, 5.74) is 0. The number of nitrogens with zero attached hydrogens (tertiary/aromatic N) is 2. The predicted octanol–water partition coefficient (Wildman–Crippen LogP) is 0.639. The van der Waals surface area contributed by atoms with Crippen molar-refractivity contribution in [2.75, 3.05) is 26.7 Å². The van der Waals surface area contributed by atoms with E-state index < -0.39 is 0 Å². The molecule has 0 aromatic carbocycles. The molecule has 16 heavy (non-hydrogen) atoms. The summed E-state index contributed by atoms with van der Waals surface area (Å²) in [4.78, 5) is 16.6. The second kappa shape index (κ2) is 5.15. The molecule has 2 aliphatic rings. The van der Waals surface area contributed by atoms with E-state index in [9.17, 15) is 4.79 Å². The molecule has 92 valence electrons. The average molecular weight is 225 g/mol. The molecule has 2 atom stereocenters. The zero-order valence-corrected chi connectivity index (χ0v) is 10.4. The number of hydrogen-bond donors (Lipinski definition) is 1. The van der Waals surface area contributed by atoms with Crippen LogP contribution >= 0.6 is 0 Å². The van der Waals surface area contributed by atoms with Gasteiger partial charge in [-0.25, -0.2) is 0 Å². The van der Waals surface area contributed by atoms with E-state index in [1.165, 1.54) is 12.8 Å². The highest BCUT2D eigenvalue weighted by Crippen LogP contribution is 2.20. The summed E-state index contributed by atoms with van der Waals surface area (Å²) in [6.45, 7) is 4.96. The maximum atomic E-state index is 12.2. The molecule has 1 amide bonds. The number of likely N-dealkylation sites (tertiary alicyclic amines) is 1. The van der Waals surface area contributed by atoms with Crippen LogP contribution in [-0.4, -0.2) is 54.6 Å². The Hall–Kier alpha value is -0.610. The molecule has 2 unspecified atom stereocenters. The maximum absolute atomic E-state index is 12.2. The molecule has 0 spiro atoms. The van der Waals surface area contributed by atoms with E-state index in [4.69, 9.17) is 0 Å². The van der Waals surface area contributed by atoms with Crippen LogP contribution in [0.4, 0.5) is 0 Å². The van der Waals surface area contributed by atoms with E-state index >= 15 is 0 Å². The first-order valence-electron chi connectivity index (χ1n) is 6.44. The van der Waals surface area contributed by atoms with Crippen molar-refractivity contribution in [1.82, 2.24) is 15.1 Å². The molecule has 0 bridgehead atoms. The van der Waals surface area contributed by atoms with Crippen molar-refractivity contribution in [3.05, 3.63) is 0 Å². The molecular weight excluding hydrogens is 202 g/mol. The number of carbonyl (C=O) groups is 1. The summed E-state index contributed by atoms with van der Waals surface area (Å²) in [7, 11) is 2.14. The third-order valence-electron chi connectivity index (χ3n) is 3.77. The van der Waals surface area contributed by atoms with Gasteiger partial charge in [-0.1, -0.05) is 0 Å². The lowest BCUT2D eigenvalue weighted by atomic mass is 10.1. The van der Waals surface area contributed by atoms with Crippen LogP contribution in [0.3, 0.4) is 0 Å². The highest BCUT2D eigenvalue weighted by molar-refractivity contribution is 5.82. The average Bonchev–Trinajstić information content (AvgIpc) is 2.44. The summed E-state index contributed by atoms with van der Waals surface area (Å²) in [5, 5.41) is 3.27. The van der Waals surface area contributed by atoms with Crippen molar-refractivity contribution in [2.45, 2.75) is 44.8 Å². The molecule has 0 radical (unpaired) electrons. The minimum absolute atomic E-state index is 0.0159. The van der Waals surface area contributed by atoms with Gasteiger partial charge in [0.05, 0.1) is 12.2 Å². The van der Waals surface area contributed by atoms with Crippen molar-refractivity contribution < 1.29 is 4.79 Å². The zero-order chi connectivity index (χ0) is 11.5. The summed E-state index contributed by atoms with van der Waals surface area (Å²) in [6.07, 6.45) is 5.06. The number of hydrogen-bond acceptors (Lipinski definition) is 3. The Morgan fingerprint density at radius 1 is 1.25 bits per heavy atom. The highest BCUT2D eigenvalue weighted by Gasteiger charge is 2.32. The van der Waals surface area contributed by atoms with Crippen LogP contribution in [0.2, 0.25) is 0 Å². The lowest BCUT2D eigenvalue weighted by Gasteiger charge is -2.40. The molecule has 0 aromatic heterocycles. The topological polar surface area (TPSA) is 35.6 Å². The largest absolute Gasteiger partial charge is 0.326 e. The van der Waals surface area contributed by atoms with E-state index in [1.807, 2.05) is 6.92 Å². The van der Waals surface area contributed by atoms with Crippen molar-refractivity contribution in [1.29, 1.82) is 0 Å². The Balaban J connectivity index is 2.07. The summed E-state index contributed by atoms with van der Waals surface area (Å²) < 4.78 is 0. The normalized spacial score (nSPS) is 33.9. The third kappa shape index (κ3) is 2.38. The minimum atomic E-state index is -0.0159. The number of amides is 1. The first-order valence-corrected chi connectivity index (χ1v) is 6.44. The number of rotatable bonds is 1. The van der Waals surface area contributed by atoms with E-state index in [0.717, 1.165) is 32.5 Å². The smallest absolute Gasteiger partial charge is 0.240 e. The molecule has 4 heteroatoms. The first-order chi connectivity index (χ1) is 7.70. The van der Waals surface area contributed by atoms with Crippen molar-refractivity contribution in [2.24, 2.45) is 0 Å². The van der Waals surface area contributed by atoms with Gasteiger partial charge >= 0.3 is 0 Å². The van der Waals surface area contributed by atoms with E-state index in [2.05, 4.69) is 22.2 Å². The van der Waals surface area contributed by atoms with Crippen LogP contribution in [0.5, 0.6) is 0 Å². The fourth-order valence-electron chi connectivity index (χ4n) is 2.76. The van der Waals surface area contributed by atoms with Crippen LogP contribution in [0.1, 0.15) is 32.6 Å². The van der Waals surface area contributed by atoms with Crippen LogP contribution in [-0.2, 0) is 4.79 Å². The fraction of sp³-hybridized carbons (Fsp3) is 0.917. The summed E-state index contributed by atoms with van der Waals surface area (Å²) in [6, 6.07) is -0.0159. The monoisotopic (exact) mass is 225 g/mol. The van der Waals surface area contributed by atoms with Gasteiger partial charge in [0.2, 0.25) is 5.91 Å². The van der Waals surface area contributed by atoms with Gasteiger partial charge in [-0.05, 0) is 52.7 Å². The number of carbonyl (C=O) groups excluding carboxylic acids is 1. The van der Waals surface area contributed by atoms with Gasteiger partial charge in [0, 0.05) is 6.54 Å². The van der Waals surface area contributed by atoms with Crippen molar-refractivity contribution >= 4 is 5.91 Å². The second-order valence-corrected chi connectivity index (χ2v) is 5.02. The molecule has 2 saturated heterocycles. The Morgan fingerprint density at radius 2 is 2.06 bits per heavy atom. The van der Waals surface area contributed by atoms with Gasteiger partial charge < -0.3 is 10.2 Å². The Morgan fingerprint density at radius 3 is 2.81 bits per heavy atom. The molecular formula is C12H23N3O. The lowest BCUT2D eigenvalue weighted by Crippen LogP contribution is -2.54. The SMILES string of the molecule is CC1NCCCN(C2CCCCN2C)C1=O. The van der Waals surface area contributed by atoms with E-state index in [0.29, 0.717) is 6.17 Å². The highest BCUT2D eigenvalue weighted by atomic mass is 16.2. The van der Waals surface area contributed by atoms with Crippen LogP contribution in [0.15, 0.2) is 0 Å². The fourth-order valence-corrected chi connectivity index (χ4v) is 2.76. The number of nitrogens with one attached hydrogen (secondary N) is 1. The Labute approximate surface area is 98.0 Å². The van der Waals surface area contributed by atoms with Gasteiger partial charge in [-0.3, -0.25) is 9.69 Å². The maximum Gasteiger partial charge on any atom is 0.240 e. The van der Waals surface area contributed by atoms with Gasteiger partial charge in [0.25, 0.3) is 0 Å². The van der Waals surface area contributed by atoms with Gasteiger partial charge in [0.15, 0.2) is 0 Å². The molecule has 2 fully saturated rings. The number of piperidine rings is 1. The minimum Gasteiger partial charge on any atom is -0.326 e. The molecule has 4 nitrogen and oxygen atoms in total. The van der Waals surface area contributed by atoms with Crippen LogP contribution in [0, 0.1) is 0 Å². The summed E-state index contributed by atoms with van der Waals surface area (Å²) >= 11 is 0. The Kier molecular flexibility index (Phi) is 3.82. The molecule has 0 aromatic rings.